The molecular formula is C20H17N5O3S. The second-order valence-corrected chi connectivity index (χ2v) is 8.06. The van der Waals surface area contributed by atoms with E-state index in [2.05, 4.69) is 15.3 Å². The van der Waals surface area contributed by atoms with Crippen LogP contribution in [0.5, 0.6) is 0 Å². The van der Waals surface area contributed by atoms with Gasteiger partial charge in [0.25, 0.3) is 10.0 Å². The van der Waals surface area contributed by atoms with Crippen LogP contribution in [0, 0.1) is 0 Å². The number of primary amides is 1. The lowest BCUT2D eigenvalue weighted by Crippen LogP contribution is -2.22. The molecule has 29 heavy (non-hydrogen) atoms. The van der Waals surface area contributed by atoms with E-state index in [0.717, 1.165) is 3.97 Å². The normalized spacial score (nSPS) is 11.4. The lowest BCUT2D eigenvalue weighted by Gasteiger charge is -2.10. The lowest BCUT2D eigenvalue weighted by molar-refractivity contribution is -0.116. The number of nitrogens with zero attached hydrogens (tertiary/aromatic N) is 3. The molecule has 0 unspecified atom stereocenters. The Balaban J connectivity index is 1.94. The van der Waals surface area contributed by atoms with Gasteiger partial charge in [0.15, 0.2) is 11.5 Å². The van der Waals surface area contributed by atoms with E-state index in [9.17, 15) is 13.2 Å². The molecule has 1 amide bonds. The summed E-state index contributed by atoms with van der Waals surface area (Å²) in [5.41, 5.74) is 6.15. The second-order valence-electron chi connectivity index (χ2n) is 6.25. The fourth-order valence-corrected chi connectivity index (χ4v) is 4.23. The van der Waals surface area contributed by atoms with Crippen molar-refractivity contribution in [3.63, 3.8) is 0 Å². The van der Waals surface area contributed by atoms with Crippen LogP contribution in [0.25, 0.3) is 22.4 Å². The Bertz CT molecular complexity index is 1290. The molecule has 2 aromatic heterocycles. The summed E-state index contributed by atoms with van der Waals surface area (Å²) in [6.45, 7) is -0.142. The average Bonchev–Trinajstić information content (AvgIpc) is 3.18. The van der Waals surface area contributed by atoms with E-state index in [4.69, 9.17) is 5.73 Å². The van der Waals surface area contributed by atoms with Crippen molar-refractivity contribution in [1.29, 1.82) is 0 Å². The molecule has 0 saturated carbocycles. The Kier molecular flexibility index (Phi) is 4.73. The molecule has 146 valence electrons. The minimum Gasteiger partial charge on any atom is -0.368 e. The number of aromatic nitrogens is 3. The van der Waals surface area contributed by atoms with Gasteiger partial charge >= 0.3 is 0 Å². The lowest BCUT2D eigenvalue weighted by atomic mass is 10.2. The van der Waals surface area contributed by atoms with Gasteiger partial charge in [-0.25, -0.2) is 22.4 Å². The van der Waals surface area contributed by atoms with Gasteiger partial charge in [-0.15, -0.1) is 0 Å². The van der Waals surface area contributed by atoms with Crippen molar-refractivity contribution in [3.8, 4) is 11.4 Å². The smallest absolute Gasteiger partial charge is 0.269 e. The van der Waals surface area contributed by atoms with Gasteiger partial charge in [-0.2, -0.15) is 0 Å². The van der Waals surface area contributed by atoms with Crippen LogP contribution in [-0.4, -0.2) is 34.8 Å². The minimum atomic E-state index is -3.86. The van der Waals surface area contributed by atoms with Gasteiger partial charge in [-0.1, -0.05) is 48.5 Å². The Morgan fingerprint density at radius 1 is 0.966 bits per heavy atom. The van der Waals surface area contributed by atoms with E-state index >= 15 is 0 Å². The third-order valence-electron chi connectivity index (χ3n) is 4.27. The molecule has 2 heterocycles. The highest BCUT2D eigenvalue weighted by Crippen LogP contribution is 2.28. The number of carbonyl (C=O) groups excluding carboxylic acids is 1. The zero-order valence-electron chi connectivity index (χ0n) is 15.2. The third kappa shape index (κ3) is 3.55. The summed E-state index contributed by atoms with van der Waals surface area (Å²) in [6.07, 6.45) is 1.42. The van der Waals surface area contributed by atoms with Crippen molar-refractivity contribution in [2.75, 3.05) is 11.9 Å². The van der Waals surface area contributed by atoms with E-state index in [1.54, 1.807) is 24.3 Å². The molecule has 4 aromatic rings. The Labute approximate surface area is 167 Å². The SMILES string of the molecule is NC(=O)CNc1nc(-c2ccccc2)nc2c1ccn2S(=O)(=O)c1ccccc1. The summed E-state index contributed by atoms with van der Waals surface area (Å²) < 4.78 is 27.4. The summed E-state index contributed by atoms with van der Waals surface area (Å²) in [5, 5.41) is 3.33. The van der Waals surface area contributed by atoms with E-state index in [1.807, 2.05) is 30.3 Å². The monoisotopic (exact) mass is 407 g/mol. The highest BCUT2D eigenvalue weighted by Gasteiger charge is 2.22. The summed E-state index contributed by atoms with van der Waals surface area (Å²) in [4.78, 5) is 20.3. The van der Waals surface area contributed by atoms with Crippen LogP contribution in [0.2, 0.25) is 0 Å². The van der Waals surface area contributed by atoms with Crippen LogP contribution < -0.4 is 11.1 Å². The van der Waals surface area contributed by atoms with Crippen molar-refractivity contribution in [3.05, 3.63) is 72.9 Å². The Morgan fingerprint density at radius 2 is 1.62 bits per heavy atom. The molecule has 0 radical (unpaired) electrons. The van der Waals surface area contributed by atoms with Crippen molar-refractivity contribution >= 4 is 32.8 Å². The summed E-state index contributed by atoms with van der Waals surface area (Å²) in [5.74, 6) is 0.0947. The van der Waals surface area contributed by atoms with Crippen LogP contribution in [0.1, 0.15) is 0 Å². The fraction of sp³-hybridized carbons (Fsp3) is 0.0500. The topological polar surface area (TPSA) is 120 Å². The molecule has 0 aliphatic heterocycles. The molecule has 8 nitrogen and oxygen atoms in total. The third-order valence-corrected chi connectivity index (χ3v) is 5.95. The quantitative estimate of drug-likeness (QED) is 0.506. The van der Waals surface area contributed by atoms with Gasteiger partial charge in [-0.05, 0) is 18.2 Å². The number of nitrogens with one attached hydrogen (secondary N) is 1. The molecule has 0 fully saturated rings. The van der Waals surface area contributed by atoms with Gasteiger partial charge in [-0.3, -0.25) is 4.79 Å². The molecule has 0 aliphatic rings. The zero-order chi connectivity index (χ0) is 20.4. The van der Waals surface area contributed by atoms with Gasteiger partial charge in [0.1, 0.15) is 5.82 Å². The maximum absolute atomic E-state index is 13.1. The first-order chi connectivity index (χ1) is 14.0. The van der Waals surface area contributed by atoms with E-state index in [-0.39, 0.29) is 17.1 Å². The van der Waals surface area contributed by atoms with Crippen LogP contribution in [-0.2, 0) is 14.8 Å². The molecule has 0 spiro atoms. The molecule has 2 aromatic carbocycles. The number of fused-ring (bicyclic) bond motifs is 1. The van der Waals surface area contributed by atoms with E-state index < -0.39 is 15.9 Å². The number of anilines is 1. The number of rotatable bonds is 6. The molecule has 0 saturated heterocycles. The van der Waals surface area contributed by atoms with Gasteiger partial charge in [0, 0.05) is 11.8 Å². The first kappa shape index (κ1) is 18.6. The first-order valence-corrected chi connectivity index (χ1v) is 10.2. The number of benzene rings is 2. The van der Waals surface area contributed by atoms with Gasteiger partial charge in [0.2, 0.25) is 5.91 Å². The minimum absolute atomic E-state index is 0.142. The molecule has 0 bridgehead atoms. The number of hydrogen-bond donors (Lipinski definition) is 2. The highest BCUT2D eigenvalue weighted by atomic mass is 32.2. The standard InChI is InChI=1S/C20H17N5O3S/c21-17(26)13-22-19-16-11-12-25(29(27,28)15-9-5-2-6-10-15)20(16)24-18(23-19)14-7-3-1-4-8-14/h1-12H,13H2,(H2,21,26)(H,22,23,24). The highest BCUT2D eigenvalue weighted by molar-refractivity contribution is 7.90. The van der Waals surface area contributed by atoms with Crippen molar-refractivity contribution in [1.82, 2.24) is 13.9 Å². The van der Waals surface area contributed by atoms with Crippen molar-refractivity contribution in [2.24, 2.45) is 5.73 Å². The fourth-order valence-electron chi connectivity index (χ4n) is 2.91. The van der Waals surface area contributed by atoms with Crippen LogP contribution >= 0.6 is 0 Å². The zero-order valence-corrected chi connectivity index (χ0v) is 16.0. The molecule has 0 aliphatic carbocycles. The predicted molar refractivity (Wildman–Crippen MR) is 110 cm³/mol. The maximum atomic E-state index is 13.1. The molecule has 9 heteroatoms. The van der Waals surface area contributed by atoms with E-state index in [0.29, 0.717) is 22.6 Å². The molecule has 3 N–H and O–H groups in total. The summed E-state index contributed by atoms with van der Waals surface area (Å²) >= 11 is 0. The average molecular weight is 407 g/mol. The number of amides is 1. The second kappa shape index (κ2) is 7.36. The summed E-state index contributed by atoms with van der Waals surface area (Å²) in [7, 11) is -3.86. The number of hydrogen-bond acceptors (Lipinski definition) is 6. The molecular weight excluding hydrogens is 390 g/mol. The Hall–Kier alpha value is -3.72. The van der Waals surface area contributed by atoms with Gasteiger partial charge in [0.05, 0.1) is 16.8 Å². The number of nitrogens with two attached hydrogens (primary N) is 1. The van der Waals surface area contributed by atoms with Crippen LogP contribution in [0.4, 0.5) is 5.82 Å². The molecule has 4 rings (SSSR count). The maximum Gasteiger partial charge on any atom is 0.269 e. The first-order valence-electron chi connectivity index (χ1n) is 8.74. The van der Waals surface area contributed by atoms with Crippen LogP contribution in [0.15, 0.2) is 77.8 Å². The van der Waals surface area contributed by atoms with E-state index in [1.165, 1.54) is 18.3 Å². The van der Waals surface area contributed by atoms with Crippen molar-refractivity contribution in [2.45, 2.75) is 4.90 Å². The van der Waals surface area contributed by atoms with Crippen LogP contribution in [0.3, 0.4) is 0 Å². The van der Waals surface area contributed by atoms with Gasteiger partial charge < -0.3 is 11.1 Å². The number of carbonyl (C=O) groups is 1. The molecule has 0 atom stereocenters. The predicted octanol–water partition coefficient (Wildman–Crippen LogP) is 2.23. The Morgan fingerprint density at radius 3 is 2.28 bits per heavy atom. The van der Waals surface area contributed by atoms with Crippen molar-refractivity contribution < 1.29 is 13.2 Å². The largest absolute Gasteiger partial charge is 0.368 e. The summed E-state index contributed by atoms with van der Waals surface area (Å²) in [6, 6.07) is 18.8.